The van der Waals surface area contributed by atoms with Crippen molar-refractivity contribution in [3.63, 3.8) is 0 Å². The predicted octanol–water partition coefficient (Wildman–Crippen LogP) is 16.2. The third-order valence-electron chi connectivity index (χ3n) is 13.2. The Morgan fingerprint density at radius 1 is 0.435 bits per heavy atom. The van der Waals surface area contributed by atoms with Crippen LogP contribution in [0.3, 0.4) is 0 Å². The first-order valence-corrected chi connectivity index (χ1v) is 29.2. The van der Waals surface area contributed by atoms with Crippen LogP contribution in [-0.2, 0) is 28.6 Å². The Morgan fingerprint density at radius 2 is 0.768 bits per heavy atom. The molecule has 0 aromatic carbocycles. The lowest BCUT2D eigenvalue weighted by Crippen LogP contribution is -2.55. The minimum atomic E-state index is -1.13. The smallest absolute Gasteiger partial charge is 0.306 e. The summed E-state index contributed by atoms with van der Waals surface area (Å²) in [5.74, 6) is -1.74. The second kappa shape index (κ2) is 51.6. The van der Waals surface area contributed by atoms with Gasteiger partial charge in [0, 0.05) is 19.3 Å². The number of hydrogen-bond donors (Lipinski definition) is 0. The summed E-state index contributed by atoms with van der Waals surface area (Å²) in [6.07, 6.45) is 64.4. The van der Waals surface area contributed by atoms with Gasteiger partial charge in [-0.05, 0) is 77.0 Å². The summed E-state index contributed by atoms with van der Waals surface area (Å²) >= 11 is 0. The Hall–Kier alpha value is -2.71. The quantitative estimate of drug-likeness (QED) is 0.0259. The number of rotatable bonds is 53. The molecule has 0 saturated carbocycles. The predicted molar refractivity (Wildman–Crippen MR) is 291 cm³/mol. The lowest BCUT2D eigenvalue weighted by molar-refractivity contribution is -0.889. The molecule has 2 unspecified atom stereocenters. The van der Waals surface area contributed by atoms with E-state index >= 15 is 0 Å². The Bertz CT molecular complexity index is 1270. The summed E-state index contributed by atoms with van der Waals surface area (Å²) in [5, 5.41) is 11.7. The van der Waals surface area contributed by atoms with E-state index in [-0.39, 0.29) is 42.7 Å². The molecule has 0 aliphatic rings. The number of likely N-dealkylation sites (N-methyl/N-ethyl adjacent to an activating group) is 1. The molecule has 0 aromatic heterocycles. The number of carbonyl (C=O) groups excluding carboxylic acids is 3. The van der Waals surface area contributed by atoms with Crippen LogP contribution in [0.2, 0.25) is 0 Å². The van der Waals surface area contributed by atoms with Crippen LogP contribution in [0.15, 0.2) is 48.6 Å². The molecule has 0 spiro atoms. The number of allylic oxidation sites excluding steroid dienone is 8. The van der Waals surface area contributed by atoms with E-state index in [0.29, 0.717) is 12.8 Å². The van der Waals surface area contributed by atoms with Crippen molar-refractivity contribution in [2.24, 2.45) is 0 Å². The van der Waals surface area contributed by atoms with Crippen molar-refractivity contribution in [2.45, 2.75) is 283 Å². The first-order valence-electron chi connectivity index (χ1n) is 29.2. The Morgan fingerprint density at radius 3 is 1.12 bits per heavy atom. The van der Waals surface area contributed by atoms with E-state index in [9.17, 15) is 19.5 Å². The summed E-state index contributed by atoms with van der Waals surface area (Å²) in [4.78, 5) is 37.2. The average Bonchev–Trinajstić information content (AvgIpc) is 3.31. The van der Waals surface area contributed by atoms with Gasteiger partial charge in [0.15, 0.2) is 6.10 Å². The van der Waals surface area contributed by atoms with Gasteiger partial charge in [-0.15, -0.1) is 0 Å². The van der Waals surface area contributed by atoms with Gasteiger partial charge in [0.25, 0.3) is 0 Å². The van der Waals surface area contributed by atoms with Gasteiger partial charge in [-0.25, -0.2) is 0 Å². The summed E-state index contributed by atoms with van der Waals surface area (Å²) in [6.45, 7) is 4.68. The van der Waals surface area contributed by atoms with Crippen molar-refractivity contribution in [3.05, 3.63) is 48.6 Å². The second-order valence-corrected chi connectivity index (χ2v) is 20.9. The fourth-order valence-electron chi connectivity index (χ4n) is 8.66. The highest BCUT2D eigenvalue weighted by Crippen LogP contribution is 2.16. The summed E-state index contributed by atoms with van der Waals surface area (Å²) < 4.78 is 17.3. The number of carboxylic acids is 1. The van der Waals surface area contributed by atoms with E-state index in [1.165, 1.54) is 173 Å². The van der Waals surface area contributed by atoms with Crippen LogP contribution in [0.4, 0.5) is 0 Å². The zero-order valence-corrected chi connectivity index (χ0v) is 46.0. The molecule has 69 heavy (non-hydrogen) atoms. The zero-order chi connectivity index (χ0) is 50.6. The Kier molecular flexibility index (Phi) is 49.6. The average molecular weight is 971 g/mol. The van der Waals surface area contributed by atoms with Gasteiger partial charge >= 0.3 is 11.9 Å². The minimum absolute atomic E-state index is 0.0352. The van der Waals surface area contributed by atoms with Crippen LogP contribution in [-0.4, -0.2) is 75.5 Å². The van der Waals surface area contributed by atoms with E-state index < -0.39 is 18.1 Å². The number of quaternary nitrogens is 1. The Labute approximate surface area is 426 Å². The largest absolute Gasteiger partial charge is 0.544 e. The van der Waals surface area contributed by atoms with Crippen LogP contribution >= 0.6 is 0 Å². The van der Waals surface area contributed by atoms with E-state index in [1.54, 1.807) is 21.1 Å². The molecule has 0 aromatic rings. The molecule has 0 heterocycles. The maximum absolute atomic E-state index is 12.8. The van der Waals surface area contributed by atoms with Crippen molar-refractivity contribution >= 4 is 17.9 Å². The number of esters is 2. The lowest BCUT2D eigenvalue weighted by atomic mass is 10.1. The van der Waals surface area contributed by atoms with Crippen molar-refractivity contribution < 1.29 is 38.2 Å². The Balaban J connectivity index is 4.20. The van der Waals surface area contributed by atoms with Crippen molar-refractivity contribution in [3.8, 4) is 0 Å². The molecule has 0 rings (SSSR count). The fourth-order valence-corrected chi connectivity index (χ4v) is 8.66. The van der Waals surface area contributed by atoms with Crippen molar-refractivity contribution in [1.29, 1.82) is 0 Å². The monoisotopic (exact) mass is 970 g/mol. The molecule has 2 atom stereocenters. The van der Waals surface area contributed by atoms with Gasteiger partial charge in [0.05, 0.1) is 40.3 Å². The molecular weight excluding hydrogens is 859 g/mol. The third kappa shape index (κ3) is 50.0. The highest BCUT2D eigenvalue weighted by atomic mass is 16.6. The van der Waals surface area contributed by atoms with Gasteiger partial charge < -0.3 is 28.6 Å². The van der Waals surface area contributed by atoms with Gasteiger partial charge in [-0.2, -0.15) is 0 Å². The standard InChI is InChI=1S/C61H111NO7/c1-6-8-10-12-14-16-18-20-22-24-26-28-30-32-33-35-37-39-41-43-45-47-49-51-59(63)68-56-57(55-67-54-53-58(61(65)66)62(3,4)5)69-60(64)52-50-48-46-44-42-40-38-36-34-31-29-27-25-23-21-19-17-15-13-11-9-7-2/h25-28,31-34,57-58H,6-24,29-30,35-56H2,1-5H3/b27-25+,28-26+,33-32+,34-31+. The van der Waals surface area contributed by atoms with Crippen molar-refractivity contribution in [1.82, 2.24) is 0 Å². The molecule has 0 bridgehead atoms. The summed E-state index contributed by atoms with van der Waals surface area (Å²) in [5.41, 5.74) is 0. The molecule has 0 aliphatic heterocycles. The number of hydrogen-bond acceptors (Lipinski definition) is 7. The number of carbonyl (C=O) groups is 3. The molecule has 0 N–H and O–H groups in total. The van der Waals surface area contributed by atoms with Crippen molar-refractivity contribution in [2.75, 3.05) is 41.0 Å². The lowest BCUT2D eigenvalue weighted by Gasteiger charge is -2.34. The molecule has 8 nitrogen and oxygen atoms in total. The molecule has 402 valence electrons. The van der Waals surface area contributed by atoms with E-state index in [2.05, 4.69) is 62.5 Å². The maximum Gasteiger partial charge on any atom is 0.306 e. The van der Waals surface area contributed by atoms with Crippen LogP contribution < -0.4 is 5.11 Å². The van der Waals surface area contributed by atoms with Gasteiger partial charge in [0.2, 0.25) is 0 Å². The summed E-state index contributed by atoms with van der Waals surface area (Å²) in [6, 6.07) is -0.731. The molecule has 0 aliphatic carbocycles. The molecule has 0 amide bonds. The molecule has 0 radical (unpaired) electrons. The number of aliphatic carboxylic acids is 1. The number of nitrogens with zero attached hydrogens (tertiary/aromatic N) is 1. The molecular formula is C61H111NO7. The second-order valence-electron chi connectivity index (χ2n) is 20.9. The van der Waals surface area contributed by atoms with Crippen LogP contribution in [0.5, 0.6) is 0 Å². The topological polar surface area (TPSA) is 102 Å². The van der Waals surface area contributed by atoms with Crippen LogP contribution in [0.1, 0.15) is 271 Å². The highest BCUT2D eigenvalue weighted by molar-refractivity contribution is 5.70. The fraction of sp³-hybridized carbons (Fsp3) is 0.820. The molecule has 0 saturated heterocycles. The van der Waals surface area contributed by atoms with E-state index in [1.807, 2.05) is 0 Å². The highest BCUT2D eigenvalue weighted by Gasteiger charge is 2.25. The van der Waals surface area contributed by atoms with Gasteiger partial charge in [-0.3, -0.25) is 9.59 Å². The first-order chi connectivity index (χ1) is 33.6. The number of ether oxygens (including phenoxy) is 3. The van der Waals surface area contributed by atoms with Gasteiger partial charge in [0.1, 0.15) is 12.6 Å². The van der Waals surface area contributed by atoms with Gasteiger partial charge in [-0.1, -0.05) is 223 Å². The maximum atomic E-state index is 12.8. The molecule has 8 heteroatoms. The molecule has 0 fully saturated rings. The van der Waals surface area contributed by atoms with E-state index in [0.717, 1.165) is 64.2 Å². The van der Waals surface area contributed by atoms with E-state index in [4.69, 9.17) is 14.2 Å². The zero-order valence-electron chi connectivity index (χ0n) is 46.0. The van der Waals surface area contributed by atoms with Crippen LogP contribution in [0.25, 0.3) is 0 Å². The third-order valence-corrected chi connectivity index (χ3v) is 13.2. The SMILES string of the molecule is CCCCCCCCCC/C=C/C/C=C/CCCCCCCCCC(=O)OC(COCCC(C(=O)[O-])[N+](C)(C)C)COC(=O)CCCCCCCCC/C=C/C/C=C/CCCCCCCCCCC. The minimum Gasteiger partial charge on any atom is -0.544 e. The van der Waals surface area contributed by atoms with Crippen LogP contribution in [0, 0.1) is 0 Å². The normalized spacial score (nSPS) is 13.1. The first kappa shape index (κ1) is 66.3. The summed E-state index contributed by atoms with van der Waals surface area (Å²) in [7, 11) is 5.42. The number of carboxylic acid groups (broad SMARTS) is 1. The number of unbranched alkanes of at least 4 members (excludes halogenated alkanes) is 31.